The van der Waals surface area contributed by atoms with Gasteiger partial charge in [0.1, 0.15) is 12.6 Å². The van der Waals surface area contributed by atoms with Gasteiger partial charge in [-0.1, -0.05) is 38.5 Å². The number of hydrogen-bond donors (Lipinski definition) is 4. The topological polar surface area (TPSA) is 111 Å². The van der Waals surface area contributed by atoms with Gasteiger partial charge in [0, 0.05) is 36.9 Å². The molecule has 2 heterocycles. The van der Waals surface area contributed by atoms with Crippen molar-refractivity contribution in [2.45, 2.75) is 70.8 Å². The van der Waals surface area contributed by atoms with Crippen LogP contribution in [0.15, 0.2) is 24.3 Å². The fourth-order valence-electron chi connectivity index (χ4n) is 4.82. The summed E-state index contributed by atoms with van der Waals surface area (Å²) < 4.78 is 2.28. The zero-order valence-corrected chi connectivity index (χ0v) is 19.7. The minimum Gasteiger partial charge on any atom is -0.354 e. The van der Waals surface area contributed by atoms with Gasteiger partial charge in [0.2, 0.25) is 23.4 Å². The maximum absolute atomic E-state index is 13.2. The van der Waals surface area contributed by atoms with Crippen LogP contribution in [0.2, 0.25) is 0 Å². The Balaban J connectivity index is 1.82. The van der Waals surface area contributed by atoms with E-state index in [1.165, 1.54) is 11.3 Å². The highest BCUT2D eigenvalue weighted by Crippen LogP contribution is 2.34. The van der Waals surface area contributed by atoms with E-state index in [0.717, 1.165) is 32.2 Å². The number of hydrogen-bond acceptors (Lipinski definition) is 4. The first-order valence-electron chi connectivity index (χ1n) is 12.1. The summed E-state index contributed by atoms with van der Waals surface area (Å²) in [7, 11) is 0. The lowest BCUT2D eigenvalue weighted by Gasteiger charge is -2.24. The Bertz CT molecular complexity index is 883. The van der Waals surface area contributed by atoms with Gasteiger partial charge in [0.15, 0.2) is 6.21 Å². The van der Waals surface area contributed by atoms with Crippen LogP contribution in [0.1, 0.15) is 70.3 Å². The largest absolute Gasteiger partial charge is 0.354 e. The summed E-state index contributed by atoms with van der Waals surface area (Å²) >= 11 is 0. The quantitative estimate of drug-likeness (QED) is 0.299. The van der Waals surface area contributed by atoms with E-state index in [-0.39, 0.29) is 30.1 Å². The van der Waals surface area contributed by atoms with Crippen LogP contribution in [0.25, 0.3) is 0 Å². The van der Waals surface area contributed by atoms with Gasteiger partial charge in [-0.15, -0.1) is 0 Å². The predicted octanol–water partition coefficient (Wildman–Crippen LogP) is 2.62. The third-order valence-electron chi connectivity index (χ3n) is 6.44. The van der Waals surface area contributed by atoms with Crippen molar-refractivity contribution in [2.24, 2.45) is 11.8 Å². The smallest absolute Gasteiger partial charge is 0.244 e. The van der Waals surface area contributed by atoms with E-state index >= 15 is 0 Å². The monoisotopic (exact) mass is 457 g/mol. The molecule has 4 N–H and O–H groups in total. The highest BCUT2D eigenvalue weighted by molar-refractivity contribution is 5.91. The molecule has 180 valence electrons. The van der Waals surface area contributed by atoms with Crippen LogP contribution < -0.4 is 16.1 Å². The van der Waals surface area contributed by atoms with Crippen molar-refractivity contribution in [3.63, 3.8) is 0 Å². The Morgan fingerprint density at radius 3 is 2.70 bits per heavy atom. The lowest BCUT2D eigenvalue weighted by atomic mass is 9.90. The van der Waals surface area contributed by atoms with Crippen molar-refractivity contribution in [2.75, 3.05) is 13.1 Å². The molecule has 1 aromatic rings. The van der Waals surface area contributed by atoms with Gasteiger partial charge in [-0.2, -0.15) is 0 Å². The number of hydroxylamine groups is 1. The van der Waals surface area contributed by atoms with Crippen molar-refractivity contribution >= 4 is 29.6 Å². The van der Waals surface area contributed by atoms with Gasteiger partial charge >= 0.3 is 0 Å². The summed E-state index contributed by atoms with van der Waals surface area (Å²) in [6, 6.07) is 7.52. The second kappa shape index (κ2) is 11.9. The predicted molar refractivity (Wildman–Crippen MR) is 126 cm³/mol. The second-order valence-electron chi connectivity index (χ2n) is 9.58. The Morgan fingerprint density at radius 1 is 1.18 bits per heavy atom. The van der Waals surface area contributed by atoms with Crippen LogP contribution in [0.3, 0.4) is 0 Å². The lowest BCUT2D eigenvalue weighted by molar-refractivity contribution is -0.433. The molecule has 0 saturated heterocycles. The normalized spacial score (nSPS) is 22.1. The Kier molecular flexibility index (Phi) is 9.00. The zero-order valence-electron chi connectivity index (χ0n) is 19.7. The molecular formula is C25H37N4O4+. The molecule has 1 aromatic carbocycles. The van der Waals surface area contributed by atoms with Crippen LogP contribution in [-0.2, 0) is 14.4 Å². The molecule has 8 heteroatoms. The van der Waals surface area contributed by atoms with E-state index in [9.17, 15) is 14.4 Å². The summed E-state index contributed by atoms with van der Waals surface area (Å²) in [6.07, 6.45) is 7.14. The van der Waals surface area contributed by atoms with E-state index in [0.29, 0.717) is 19.4 Å². The van der Waals surface area contributed by atoms with Gasteiger partial charge < -0.3 is 10.6 Å². The number of para-hydroxylation sites is 1. The summed E-state index contributed by atoms with van der Waals surface area (Å²) in [5.41, 5.74) is 3.95. The first-order chi connectivity index (χ1) is 15.9. The van der Waals surface area contributed by atoms with Gasteiger partial charge in [0.05, 0.1) is 5.92 Å². The van der Waals surface area contributed by atoms with Gasteiger partial charge in [-0.25, -0.2) is 10.1 Å². The molecule has 2 bridgehead atoms. The van der Waals surface area contributed by atoms with E-state index in [1.807, 2.05) is 26.0 Å². The molecule has 3 atom stereocenters. The average Bonchev–Trinajstić information content (AvgIpc) is 3.14. The van der Waals surface area contributed by atoms with Crippen molar-refractivity contribution in [1.29, 1.82) is 0 Å². The standard InChI is InChI=1S/C25H36N4O4/c1-17(2)13-18(15-23(30)28-33)24(31)27-21-14-19-16-29(22-10-6-5-9-20(19)22)12-8-4-3-7-11-26-25(21)32/h5-6,9-10,16-19,21H,3-4,7-8,11-15H2,1-2H3,(H3-,26,27,28,30,31,32,33)/p+1. The molecule has 2 aliphatic rings. The molecule has 2 aliphatic heterocycles. The SMILES string of the molecule is CC(C)CC(CC(=O)NO)C(=O)NC1CC2C=[N+](CCCCCCNC1=O)c1ccccc12. The van der Waals surface area contributed by atoms with E-state index < -0.39 is 17.9 Å². The van der Waals surface area contributed by atoms with E-state index in [4.69, 9.17) is 5.21 Å². The molecule has 8 nitrogen and oxygen atoms in total. The van der Waals surface area contributed by atoms with Crippen molar-refractivity contribution in [3.05, 3.63) is 29.8 Å². The number of amides is 3. The summed E-state index contributed by atoms with van der Waals surface area (Å²) in [6.45, 7) is 5.48. The number of nitrogens with zero attached hydrogens (tertiary/aromatic N) is 1. The zero-order chi connectivity index (χ0) is 23.8. The van der Waals surface area contributed by atoms with Crippen LogP contribution >= 0.6 is 0 Å². The molecule has 0 saturated carbocycles. The third-order valence-corrected chi connectivity index (χ3v) is 6.44. The number of carbonyl (C=O) groups excluding carboxylic acids is 3. The molecular weight excluding hydrogens is 420 g/mol. The molecule has 0 aromatic heterocycles. The van der Waals surface area contributed by atoms with Crippen LogP contribution in [0.5, 0.6) is 0 Å². The van der Waals surface area contributed by atoms with Crippen LogP contribution in [-0.4, -0.2) is 52.9 Å². The number of fused-ring (bicyclic) bond motifs is 4. The van der Waals surface area contributed by atoms with Crippen LogP contribution in [0, 0.1) is 11.8 Å². The second-order valence-corrected chi connectivity index (χ2v) is 9.58. The number of rotatable bonds is 6. The summed E-state index contributed by atoms with van der Waals surface area (Å²) in [5.74, 6) is -1.55. The molecule has 3 unspecified atom stereocenters. The summed E-state index contributed by atoms with van der Waals surface area (Å²) in [5, 5.41) is 14.8. The number of carbonyl (C=O) groups is 3. The highest BCUT2D eigenvalue weighted by atomic mass is 16.5. The third kappa shape index (κ3) is 6.87. The summed E-state index contributed by atoms with van der Waals surface area (Å²) in [4.78, 5) is 38.0. The molecule has 0 spiro atoms. The van der Waals surface area contributed by atoms with Crippen molar-refractivity contribution < 1.29 is 24.2 Å². The number of nitrogens with one attached hydrogen (secondary N) is 3. The first kappa shape index (κ1) is 24.9. The fourth-order valence-corrected chi connectivity index (χ4v) is 4.82. The molecule has 0 radical (unpaired) electrons. The minimum atomic E-state index is -0.709. The molecule has 0 fully saturated rings. The van der Waals surface area contributed by atoms with Gasteiger partial charge in [-0.3, -0.25) is 19.6 Å². The molecule has 3 amide bonds. The molecule has 3 rings (SSSR count). The molecule has 33 heavy (non-hydrogen) atoms. The van der Waals surface area contributed by atoms with Gasteiger partial charge in [0.25, 0.3) is 0 Å². The first-order valence-corrected chi connectivity index (χ1v) is 12.1. The highest BCUT2D eigenvalue weighted by Gasteiger charge is 2.35. The fraction of sp³-hybridized carbons (Fsp3) is 0.600. The van der Waals surface area contributed by atoms with Crippen LogP contribution in [0.4, 0.5) is 5.69 Å². The van der Waals surface area contributed by atoms with Gasteiger partial charge in [-0.05, 0) is 31.6 Å². The maximum Gasteiger partial charge on any atom is 0.244 e. The Labute approximate surface area is 195 Å². The van der Waals surface area contributed by atoms with E-state index in [2.05, 4.69) is 33.6 Å². The maximum atomic E-state index is 13.2. The number of benzene rings is 1. The molecule has 0 aliphatic carbocycles. The van der Waals surface area contributed by atoms with Crippen molar-refractivity contribution in [3.8, 4) is 0 Å². The lowest BCUT2D eigenvalue weighted by Crippen LogP contribution is -2.50. The van der Waals surface area contributed by atoms with Crippen molar-refractivity contribution in [1.82, 2.24) is 16.1 Å². The average molecular weight is 458 g/mol. The Morgan fingerprint density at radius 2 is 1.94 bits per heavy atom. The Hall–Kier alpha value is -2.74. The van der Waals surface area contributed by atoms with E-state index in [1.54, 1.807) is 5.48 Å². The minimum absolute atomic E-state index is 0.0160.